The largest absolute Gasteiger partial charge is 0.495 e. The highest BCUT2D eigenvalue weighted by Gasteiger charge is 2.08. The third kappa shape index (κ3) is 2.79. The summed E-state index contributed by atoms with van der Waals surface area (Å²) in [5, 5.41) is 12.7. The lowest BCUT2D eigenvalue weighted by Crippen LogP contribution is -1.98. The Kier molecular flexibility index (Phi) is 4.02. The number of nitrogens with two attached hydrogens (primary N) is 1. The standard InChI is InChI=1S/C15H14ClN3O/c1-9-5-14(15(20-2)7-12(9)16)19-11-4-3-10(8-17)13(18)6-11/h3-7,19H,18H2,1-2H3. The van der Waals surface area contributed by atoms with Gasteiger partial charge in [-0.05, 0) is 36.8 Å². The molecule has 20 heavy (non-hydrogen) atoms. The Hall–Kier alpha value is -2.38. The summed E-state index contributed by atoms with van der Waals surface area (Å²) in [6, 6.07) is 10.9. The number of rotatable bonds is 3. The molecule has 0 saturated carbocycles. The second-order valence-corrected chi connectivity index (χ2v) is 4.75. The molecule has 4 nitrogen and oxygen atoms in total. The molecule has 0 radical (unpaired) electrons. The molecular formula is C15H14ClN3O. The fourth-order valence-electron chi connectivity index (χ4n) is 1.83. The number of hydrogen-bond acceptors (Lipinski definition) is 4. The average Bonchev–Trinajstić information content (AvgIpc) is 2.43. The van der Waals surface area contributed by atoms with Crippen molar-refractivity contribution in [2.24, 2.45) is 0 Å². The van der Waals surface area contributed by atoms with Crippen LogP contribution < -0.4 is 15.8 Å². The third-order valence-corrected chi connectivity index (χ3v) is 3.34. The molecule has 0 aliphatic heterocycles. The van der Waals surface area contributed by atoms with Gasteiger partial charge in [0, 0.05) is 16.8 Å². The molecule has 102 valence electrons. The van der Waals surface area contributed by atoms with Crippen molar-refractivity contribution in [2.75, 3.05) is 18.2 Å². The first-order valence-corrected chi connectivity index (χ1v) is 6.33. The normalized spacial score (nSPS) is 9.90. The van der Waals surface area contributed by atoms with E-state index < -0.39 is 0 Å². The van der Waals surface area contributed by atoms with Gasteiger partial charge in [0.25, 0.3) is 0 Å². The summed E-state index contributed by atoms with van der Waals surface area (Å²) >= 11 is 6.07. The fourth-order valence-corrected chi connectivity index (χ4v) is 1.98. The molecular weight excluding hydrogens is 274 g/mol. The van der Waals surface area contributed by atoms with Crippen molar-refractivity contribution in [3.63, 3.8) is 0 Å². The predicted octanol–water partition coefficient (Wildman–Crippen LogP) is 3.85. The molecule has 3 N–H and O–H groups in total. The van der Waals surface area contributed by atoms with E-state index in [4.69, 9.17) is 27.3 Å². The second kappa shape index (κ2) is 5.72. The van der Waals surface area contributed by atoms with Crippen LogP contribution in [0.4, 0.5) is 17.1 Å². The minimum absolute atomic E-state index is 0.433. The highest BCUT2D eigenvalue weighted by molar-refractivity contribution is 6.31. The van der Waals surface area contributed by atoms with Gasteiger partial charge >= 0.3 is 0 Å². The monoisotopic (exact) mass is 287 g/mol. The number of methoxy groups -OCH3 is 1. The number of nitriles is 1. The van der Waals surface area contributed by atoms with Crippen LogP contribution in [0.25, 0.3) is 0 Å². The van der Waals surface area contributed by atoms with E-state index in [-0.39, 0.29) is 0 Å². The van der Waals surface area contributed by atoms with Crippen LogP contribution in [0.5, 0.6) is 5.75 Å². The molecule has 0 amide bonds. The maximum absolute atomic E-state index is 8.86. The van der Waals surface area contributed by atoms with E-state index in [2.05, 4.69) is 5.32 Å². The highest BCUT2D eigenvalue weighted by atomic mass is 35.5. The number of hydrogen-bond donors (Lipinski definition) is 2. The summed E-state index contributed by atoms with van der Waals surface area (Å²) in [5.41, 5.74) is 9.19. The van der Waals surface area contributed by atoms with Crippen LogP contribution in [0, 0.1) is 18.3 Å². The molecule has 5 heteroatoms. The summed E-state index contributed by atoms with van der Waals surface area (Å²) in [7, 11) is 1.58. The number of aryl methyl sites for hydroxylation is 1. The Morgan fingerprint density at radius 3 is 2.65 bits per heavy atom. The Labute approximate surface area is 122 Å². The van der Waals surface area contributed by atoms with E-state index in [0.29, 0.717) is 22.0 Å². The quantitative estimate of drug-likeness (QED) is 0.841. The summed E-state index contributed by atoms with van der Waals surface area (Å²) in [5.74, 6) is 0.642. The van der Waals surface area contributed by atoms with Gasteiger partial charge in [0.1, 0.15) is 11.8 Å². The van der Waals surface area contributed by atoms with Crippen molar-refractivity contribution in [2.45, 2.75) is 6.92 Å². The number of benzene rings is 2. The number of anilines is 3. The van der Waals surface area contributed by atoms with Crippen LogP contribution in [0.1, 0.15) is 11.1 Å². The van der Waals surface area contributed by atoms with Crippen LogP contribution in [-0.2, 0) is 0 Å². The summed E-state index contributed by atoms with van der Waals surface area (Å²) < 4.78 is 5.30. The minimum Gasteiger partial charge on any atom is -0.495 e. The zero-order valence-electron chi connectivity index (χ0n) is 11.2. The summed E-state index contributed by atoms with van der Waals surface area (Å²) in [4.78, 5) is 0. The van der Waals surface area contributed by atoms with Crippen LogP contribution in [0.2, 0.25) is 5.02 Å². The van der Waals surface area contributed by atoms with Gasteiger partial charge < -0.3 is 15.8 Å². The lowest BCUT2D eigenvalue weighted by atomic mass is 10.1. The van der Waals surface area contributed by atoms with E-state index in [1.54, 1.807) is 31.4 Å². The molecule has 0 unspecified atom stereocenters. The molecule has 0 aliphatic carbocycles. The summed E-state index contributed by atoms with van der Waals surface area (Å²) in [6.45, 7) is 1.92. The van der Waals surface area contributed by atoms with E-state index >= 15 is 0 Å². The maximum Gasteiger partial charge on any atom is 0.143 e. The third-order valence-electron chi connectivity index (χ3n) is 2.93. The van der Waals surface area contributed by atoms with Gasteiger partial charge in [0.2, 0.25) is 0 Å². The number of nitrogens with one attached hydrogen (secondary N) is 1. The SMILES string of the molecule is COc1cc(Cl)c(C)cc1Nc1ccc(C#N)c(N)c1. The van der Waals surface area contributed by atoms with Crippen LogP contribution in [0.15, 0.2) is 30.3 Å². The summed E-state index contributed by atoms with van der Waals surface area (Å²) in [6.07, 6.45) is 0. The zero-order chi connectivity index (χ0) is 14.7. The van der Waals surface area contributed by atoms with Gasteiger partial charge in [0.15, 0.2) is 0 Å². The molecule has 0 saturated heterocycles. The first-order chi connectivity index (χ1) is 9.55. The van der Waals surface area contributed by atoms with Gasteiger partial charge in [-0.15, -0.1) is 0 Å². The van der Waals surface area contributed by atoms with Crippen molar-refractivity contribution in [1.82, 2.24) is 0 Å². The van der Waals surface area contributed by atoms with Crippen molar-refractivity contribution < 1.29 is 4.74 Å². The van der Waals surface area contributed by atoms with Crippen molar-refractivity contribution in [1.29, 1.82) is 5.26 Å². The van der Waals surface area contributed by atoms with Gasteiger partial charge in [0.05, 0.1) is 24.0 Å². The van der Waals surface area contributed by atoms with E-state index in [1.807, 2.05) is 19.1 Å². The number of halogens is 1. The first kappa shape index (κ1) is 14.0. The first-order valence-electron chi connectivity index (χ1n) is 5.96. The lowest BCUT2D eigenvalue weighted by molar-refractivity contribution is 0.417. The number of nitrogen functional groups attached to an aromatic ring is 1. The zero-order valence-corrected chi connectivity index (χ0v) is 12.0. The van der Waals surface area contributed by atoms with Crippen molar-refractivity contribution in [3.05, 3.63) is 46.5 Å². The van der Waals surface area contributed by atoms with Crippen molar-refractivity contribution >= 4 is 28.7 Å². The Morgan fingerprint density at radius 2 is 2.05 bits per heavy atom. The van der Waals surface area contributed by atoms with Gasteiger partial charge in [-0.25, -0.2) is 0 Å². The molecule has 0 atom stereocenters. The molecule has 2 aromatic rings. The Bertz CT molecular complexity index is 692. The molecule has 0 spiro atoms. The van der Waals surface area contributed by atoms with Crippen molar-refractivity contribution in [3.8, 4) is 11.8 Å². The number of ether oxygens (including phenoxy) is 1. The predicted molar refractivity (Wildman–Crippen MR) is 81.6 cm³/mol. The molecule has 0 aromatic heterocycles. The van der Waals surface area contributed by atoms with E-state index in [0.717, 1.165) is 16.9 Å². The number of nitrogens with zero attached hydrogens (tertiary/aromatic N) is 1. The average molecular weight is 288 g/mol. The van der Waals surface area contributed by atoms with Gasteiger partial charge in [-0.3, -0.25) is 0 Å². The van der Waals surface area contributed by atoms with Gasteiger partial charge in [-0.1, -0.05) is 11.6 Å². The topological polar surface area (TPSA) is 71.1 Å². The minimum atomic E-state index is 0.433. The lowest BCUT2D eigenvalue weighted by Gasteiger charge is -2.13. The molecule has 0 heterocycles. The smallest absolute Gasteiger partial charge is 0.143 e. The second-order valence-electron chi connectivity index (χ2n) is 4.34. The molecule has 2 rings (SSSR count). The van der Waals surface area contributed by atoms with Crippen LogP contribution >= 0.6 is 11.6 Å². The fraction of sp³-hybridized carbons (Fsp3) is 0.133. The Morgan fingerprint density at radius 1 is 1.30 bits per heavy atom. The molecule has 0 bridgehead atoms. The maximum atomic E-state index is 8.86. The highest BCUT2D eigenvalue weighted by Crippen LogP contribution is 2.33. The molecule has 0 fully saturated rings. The van der Waals surface area contributed by atoms with Crippen LogP contribution in [0.3, 0.4) is 0 Å². The van der Waals surface area contributed by atoms with E-state index in [1.165, 1.54) is 0 Å². The molecule has 0 aliphatic rings. The van der Waals surface area contributed by atoms with Crippen LogP contribution in [-0.4, -0.2) is 7.11 Å². The van der Waals surface area contributed by atoms with E-state index in [9.17, 15) is 0 Å². The molecule has 2 aromatic carbocycles. The van der Waals surface area contributed by atoms with Gasteiger partial charge in [-0.2, -0.15) is 5.26 Å². The Balaban J connectivity index is 2.37.